The molecule has 1 aromatic rings. The van der Waals surface area contributed by atoms with E-state index >= 15 is 0 Å². The molecule has 0 N–H and O–H groups in total. The molecule has 0 bridgehead atoms. The van der Waals surface area contributed by atoms with E-state index in [4.69, 9.17) is 4.74 Å². The summed E-state index contributed by atoms with van der Waals surface area (Å²) in [6, 6.07) is 9.21. The lowest BCUT2D eigenvalue weighted by atomic mass is 10.1. The Morgan fingerprint density at radius 2 is 1.28 bits per heavy atom. The molecule has 0 spiro atoms. The lowest BCUT2D eigenvalue weighted by Gasteiger charge is -2.29. The first-order valence-corrected chi connectivity index (χ1v) is 12.7. The van der Waals surface area contributed by atoms with Crippen LogP contribution in [0.25, 0.3) is 0 Å². The largest absolute Gasteiger partial charge is 0.379 e. The Bertz CT molecular complexity index is 713. The van der Waals surface area contributed by atoms with Crippen LogP contribution in [-0.4, -0.2) is 77.5 Å². The number of morpholine rings is 1. The minimum absolute atomic E-state index is 0. The van der Waals surface area contributed by atoms with Gasteiger partial charge in [-0.1, -0.05) is 54.3 Å². The summed E-state index contributed by atoms with van der Waals surface area (Å²) < 4.78 is 5.21. The van der Waals surface area contributed by atoms with E-state index in [1.165, 1.54) is 0 Å². The minimum atomic E-state index is 0. The molecule has 1 aromatic carbocycles. The van der Waals surface area contributed by atoms with Gasteiger partial charge in [-0.15, -0.1) is 0 Å². The molecule has 2 fully saturated rings. The second kappa shape index (κ2) is 20.2. The monoisotopic (exact) mass is 509 g/mol. The lowest BCUT2D eigenvalue weighted by molar-refractivity contribution is -0.129. The van der Waals surface area contributed by atoms with Gasteiger partial charge in [0.15, 0.2) is 0 Å². The maximum atomic E-state index is 11.8. The van der Waals surface area contributed by atoms with Crippen molar-refractivity contribution < 1.29 is 14.3 Å². The van der Waals surface area contributed by atoms with E-state index in [9.17, 15) is 9.59 Å². The van der Waals surface area contributed by atoms with Crippen LogP contribution in [0.2, 0.25) is 0 Å². The first kappa shape index (κ1) is 38.6. The number of nitrogens with zero attached hydrogens (tertiary/aromatic N) is 3. The molecular weight excluding hydrogens is 450 g/mol. The summed E-state index contributed by atoms with van der Waals surface area (Å²) >= 11 is 0. The summed E-state index contributed by atoms with van der Waals surface area (Å²) in [7, 11) is 0. The molecule has 212 valence electrons. The zero-order valence-corrected chi connectivity index (χ0v) is 22.3. The van der Waals surface area contributed by atoms with Gasteiger partial charge in [-0.2, -0.15) is 0 Å². The van der Waals surface area contributed by atoms with E-state index in [2.05, 4.69) is 32.6 Å². The van der Waals surface area contributed by atoms with Gasteiger partial charge < -0.3 is 14.5 Å². The maximum Gasteiger partial charge on any atom is 0.254 e. The van der Waals surface area contributed by atoms with E-state index in [-0.39, 0.29) is 28.2 Å². The van der Waals surface area contributed by atoms with Crippen molar-refractivity contribution in [2.24, 2.45) is 0 Å². The molecular formula is C30H59N3O3. The van der Waals surface area contributed by atoms with E-state index in [1.807, 2.05) is 61.8 Å². The van der Waals surface area contributed by atoms with Crippen molar-refractivity contribution in [3.8, 4) is 0 Å². The lowest BCUT2D eigenvalue weighted by Crippen LogP contribution is -2.40. The fourth-order valence-corrected chi connectivity index (χ4v) is 4.00. The quantitative estimate of drug-likeness (QED) is 0.453. The highest BCUT2D eigenvalue weighted by Gasteiger charge is 2.28. The molecule has 0 atom stereocenters. The molecule has 6 nitrogen and oxygen atoms in total. The average Bonchev–Trinajstić information content (AvgIpc) is 3.40. The normalized spacial score (nSPS) is 16.4. The van der Waals surface area contributed by atoms with Gasteiger partial charge in [0.1, 0.15) is 0 Å². The van der Waals surface area contributed by atoms with Crippen molar-refractivity contribution in [3.05, 3.63) is 35.4 Å². The third kappa shape index (κ3) is 11.9. The predicted molar refractivity (Wildman–Crippen MR) is 157 cm³/mol. The second-order valence-electron chi connectivity index (χ2n) is 9.21. The molecule has 2 amide bonds. The number of hydrogen-bond donors (Lipinski definition) is 0. The molecule has 4 rings (SSSR count). The number of rotatable bonds is 3. The van der Waals surface area contributed by atoms with Gasteiger partial charge >= 0.3 is 0 Å². The zero-order valence-electron chi connectivity index (χ0n) is 22.3. The molecule has 0 unspecified atom stereocenters. The van der Waals surface area contributed by atoms with Gasteiger partial charge in [-0.25, -0.2) is 0 Å². The fraction of sp³-hybridized carbons (Fsp3) is 0.733. The predicted octanol–water partition coefficient (Wildman–Crippen LogP) is 6.73. The number of carbonyl (C=O) groups is 2. The summed E-state index contributed by atoms with van der Waals surface area (Å²) in [5.74, 6) is 0.496. The van der Waals surface area contributed by atoms with E-state index in [0.717, 1.165) is 63.4 Å². The second-order valence-corrected chi connectivity index (χ2v) is 9.21. The minimum Gasteiger partial charge on any atom is -0.379 e. The highest BCUT2D eigenvalue weighted by molar-refractivity contribution is 5.98. The van der Waals surface area contributed by atoms with Gasteiger partial charge in [-0.3, -0.25) is 14.5 Å². The molecule has 2 saturated heterocycles. The molecule has 6 heteroatoms. The Balaban J connectivity index is -0.000000431. The smallest absolute Gasteiger partial charge is 0.254 e. The SMILES string of the molecule is C.C.C.CC.CC(C)N1CCCC1=O.CC(C)N1CCOCC1.CC(C)N1Cc2ccccc2C1=O. The molecule has 3 heterocycles. The van der Waals surface area contributed by atoms with Crippen molar-refractivity contribution in [3.63, 3.8) is 0 Å². The Labute approximate surface area is 224 Å². The molecule has 36 heavy (non-hydrogen) atoms. The molecule has 0 saturated carbocycles. The van der Waals surface area contributed by atoms with Crippen molar-refractivity contribution in [1.82, 2.24) is 14.7 Å². The average molecular weight is 510 g/mol. The van der Waals surface area contributed by atoms with Gasteiger partial charge in [0.05, 0.1) is 13.2 Å². The maximum absolute atomic E-state index is 11.8. The van der Waals surface area contributed by atoms with E-state index in [0.29, 0.717) is 24.0 Å². The first-order chi connectivity index (χ1) is 15.7. The topological polar surface area (TPSA) is 53.1 Å². The number of carbonyl (C=O) groups excluding carboxylic acids is 2. The van der Waals surface area contributed by atoms with Crippen molar-refractivity contribution in [2.45, 2.75) is 115 Å². The molecule has 0 aromatic heterocycles. The Kier molecular flexibility index (Phi) is 21.6. The summed E-state index contributed by atoms with van der Waals surface area (Å²) in [6.45, 7) is 22.4. The Hall–Kier alpha value is -1.92. The number of hydrogen-bond acceptors (Lipinski definition) is 4. The summed E-state index contributed by atoms with van der Waals surface area (Å²) in [6.07, 6.45) is 1.81. The van der Waals surface area contributed by atoms with E-state index in [1.54, 1.807) is 0 Å². The number of ether oxygens (including phenoxy) is 1. The number of fused-ring (bicyclic) bond motifs is 1. The summed E-state index contributed by atoms with van der Waals surface area (Å²) in [4.78, 5) is 29.0. The van der Waals surface area contributed by atoms with E-state index < -0.39 is 0 Å². The van der Waals surface area contributed by atoms with Crippen LogP contribution in [0.15, 0.2) is 24.3 Å². The standard InChI is InChI=1S/C11H13NO.C7H15NO.C7H13NO.C2H6.3CH4/c1-8(2)12-7-9-5-3-4-6-10(9)11(12)13;1-7(2)8-3-5-9-6-4-8;1-6(2)8-5-3-4-7(8)9;1-2;;;/h3-6,8H,7H2,1-2H3;7H,3-6H2,1-2H3;6H,3-5H2,1-2H3;1-2H3;3*1H4. The van der Waals surface area contributed by atoms with Gasteiger partial charge in [0.2, 0.25) is 5.91 Å². The van der Waals surface area contributed by atoms with Crippen molar-refractivity contribution in [1.29, 1.82) is 0 Å². The summed E-state index contributed by atoms with van der Waals surface area (Å²) in [5.41, 5.74) is 2.03. The van der Waals surface area contributed by atoms with Crippen molar-refractivity contribution >= 4 is 11.8 Å². The van der Waals surface area contributed by atoms with Gasteiger partial charge in [-0.05, 0) is 59.6 Å². The van der Waals surface area contributed by atoms with Crippen LogP contribution >= 0.6 is 0 Å². The van der Waals surface area contributed by atoms with Crippen molar-refractivity contribution in [2.75, 3.05) is 32.8 Å². The Morgan fingerprint density at radius 3 is 1.64 bits per heavy atom. The molecule has 3 aliphatic rings. The number of likely N-dealkylation sites (tertiary alicyclic amines) is 1. The number of amides is 2. The Morgan fingerprint density at radius 1 is 0.750 bits per heavy atom. The van der Waals surface area contributed by atoms with Crippen LogP contribution in [0.4, 0.5) is 0 Å². The fourth-order valence-electron chi connectivity index (χ4n) is 4.00. The highest BCUT2D eigenvalue weighted by atomic mass is 16.5. The molecule has 0 aliphatic carbocycles. The van der Waals surface area contributed by atoms with Gasteiger partial charge in [0.25, 0.3) is 5.91 Å². The third-order valence-electron chi connectivity index (χ3n) is 5.98. The first-order valence-electron chi connectivity index (χ1n) is 12.7. The van der Waals surface area contributed by atoms with Gasteiger partial charge in [0, 0.05) is 56.3 Å². The van der Waals surface area contributed by atoms with Crippen LogP contribution in [0.3, 0.4) is 0 Å². The van der Waals surface area contributed by atoms with Crippen LogP contribution < -0.4 is 0 Å². The van der Waals surface area contributed by atoms with Crippen LogP contribution in [0, 0.1) is 0 Å². The molecule has 3 aliphatic heterocycles. The summed E-state index contributed by atoms with van der Waals surface area (Å²) in [5, 5.41) is 0. The van der Waals surface area contributed by atoms with Crippen LogP contribution in [-0.2, 0) is 16.1 Å². The molecule has 0 radical (unpaired) electrons. The van der Waals surface area contributed by atoms with Crippen LogP contribution in [0.1, 0.15) is 106 Å². The van der Waals surface area contributed by atoms with Crippen LogP contribution in [0.5, 0.6) is 0 Å². The highest BCUT2D eigenvalue weighted by Crippen LogP contribution is 2.23. The number of benzene rings is 1. The third-order valence-corrected chi connectivity index (χ3v) is 5.98. The zero-order chi connectivity index (χ0) is 25.0.